The summed E-state index contributed by atoms with van der Waals surface area (Å²) in [7, 11) is 0. The predicted molar refractivity (Wildman–Crippen MR) is 54.7 cm³/mol. The van der Waals surface area contributed by atoms with E-state index in [-0.39, 0.29) is 5.02 Å². The first kappa shape index (κ1) is 10.1. The molecule has 0 heterocycles. The van der Waals surface area contributed by atoms with Crippen LogP contribution >= 0.6 is 11.6 Å². The average Bonchev–Trinajstić information content (AvgIpc) is 2.12. The van der Waals surface area contributed by atoms with Crippen LogP contribution < -0.4 is 5.32 Å². The summed E-state index contributed by atoms with van der Waals surface area (Å²) >= 11 is 5.52. The lowest BCUT2D eigenvalue weighted by molar-refractivity contribution is 0.628. The van der Waals surface area contributed by atoms with Gasteiger partial charge in [0, 0.05) is 12.2 Å². The molecule has 1 aromatic carbocycles. The molecule has 1 rings (SSSR count). The Morgan fingerprint density at radius 3 is 2.92 bits per heavy atom. The molecule has 0 saturated heterocycles. The van der Waals surface area contributed by atoms with Crippen molar-refractivity contribution in [3.8, 4) is 0 Å². The van der Waals surface area contributed by atoms with Gasteiger partial charge >= 0.3 is 0 Å². The minimum atomic E-state index is -0.398. The third kappa shape index (κ3) is 3.07. The van der Waals surface area contributed by atoms with Crippen LogP contribution in [-0.2, 0) is 0 Å². The normalized spacial score (nSPS) is 9.69. The van der Waals surface area contributed by atoms with Crippen LogP contribution in [0.3, 0.4) is 0 Å². The van der Waals surface area contributed by atoms with Gasteiger partial charge in [-0.05, 0) is 24.6 Å². The monoisotopic (exact) mass is 199 g/mol. The Balaban J connectivity index is 2.57. The molecule has 0 bridgehead atoms. The lowest BCUT2D eigenvalue weighted by Gasteiger charge is -2.04. The fourth-order valence-electron chi connectivity index (χ4n) is 0.925. The van der Waals surface area contributed by atoms with E-state index in [1.165, 1.54) is 12.1 Å². The van der Waals surface area contributed by atoms with Gasteiger partial charge in [-0.25, -0.2) is 4.39 Å². The molecular formula is C10H11ClFN. The van der Waals surface area contributed by atoms with Crippen molar-refractivity contribution in [2.45, 2.75) is 6.42 Å². The molecule has 0 unspecified atom stereocenters. The molecule has 13 heavy (non-hydrogen) atoms. The first-order chi connectivity index (χ1) is 6.24. The molecule has 0 spiro atoms. The van der Waals surface area contributed by atoms with Crippen LogP contribution in [0.25, 0.3) is 0 Å². The SMILES string of the molecule is C=CCCNc1ccc(Cl)c(F)c1. The van der Waals surface area contributed by atoms with E-state index in [0.717, 1.165) is 18.7 Å². The maximum absolute atomic E-state index is 12.9. The Kier molecular flexibility index (Phi) is 3.77. The van der Waals surface area contributed by atoms with E-state index in [4.69, 9.17) is 11.6 Å². The fraction of sp³-hybridized carbons (Fsp3) is 0.200. The number of nitrogens with one attached hydrogen (secondary N) is 1. The highest BCUT2D eigenvalue weighted by molar-refractivity contribution is 6.30. The van der Waals surface area contributed by atoms with E-state index in [1.54, 1.807) is 12.1 Å². The number of rotatable bonds is 4. The van der Waals surface area contributed by atoms with Gasteiger partial charge in [-0.1, -0.05) is 17.7 Å². The van der Waals surface area contributed by atoms with E-state index < -0.39 is 5.82 Å². The molecule has 70 valence electrons. The van der Waals surface area contributed by atoms with Crippen LogP contribution in [0.15, 0.2) is 30.9 Å². The number of halogens is 2. The second-order valence-electron chi connectivity index (χ2n) is 2.63. The Morgan fingerprint density at radius 1 is 1.54 bits per heavy atom. The molecule has 0 aromatic heterocycles. The molecule has 0 aliphatic heterocycles. The third-order valence-electron chi connectivity index (χ3n) is 1.60. The zero-order valence-corrected chi connectivity index (χ0v) is 7.94. The molecule has 0 saturated carbocycles. The standard InChI is InChI=1S/C10H11ClFN/c1-2-3-6-13-8-4-5-9(11)10(12)7-8/h2,4-5,7,13H,1,3,6H2. The van der Waals surface area contributed by atoms with Gasteiger partial charge < -0.3 is 5.32 Å². The summed E-state index contributed by atoms with van der Waals surface area (Å²) in [4.78, 5) is 0. The maximum atomic E-state index is 12.9. The molecule has 0 atom stereocenters. The van der Waals surface area contributed by atoms with E-state index in [0.29, 0.717) is 0 Å². The zero-order chi connectivity index (χ0) is 9.68. The van der Waals surface area contributed by atoms with Gasteiger partial charge in [0.2, 0.25) is 0 Å². The van der Waals surface area contributed by atoms with Crippen LogP contribution in [0, 0.1) is 5.82 Å². The van der Waals surface area contributed by atoms with Gasteiger partial charge in [-0.3, -0.25) is 0 Å². The number of anilines is 1. The van der Waals surface area contributed by atoms with Crippen LogP contribution in [-0.4, -0.2) is 6.54 Å². The van der Waals surface area contributed by atoms with E-state index in [2.05, 4.69) is 11.9 Å². The molecule has 0 fully saturated rings. The van der Waals surface area contributed by atoms with Gasteiger partial charge in [0.1, 0.15) is 5.82 Å². The highest BCUT2D eigenvalue weighted by atomic mass is 35.5. The van der Waals surface area contributed by atoms with Crippen molar-refractivity contribution < 1.29 is 4.39 Å². The minimum absolute atomic E-state index is 0.147. The first-order valence-electron chi connectivity index (χ1n) is 4.04. The summed E-state index contributed by atoms with van der Waals surface area (Å²) < 4.78 is 12.9. The third-order valence-corrected chi connectivity index (χ3v) is 1.90. The van der Waals surface area contributed by atoms with Crippen molar-refractivity contribution in [2.24, 2.45) is 0 Å². The zero-order valence-electron chi connectivity index (χ0n) is 7.19. The van der Waals surface area contributed by atoms with Crippen molar-refractivity contribution in [3.05, 3.63) is 41.7 Å². The highest BCUT2D eigenvalue weighted by Crippen LogP contribution is 2.18. The Hall–Kier alpha value is -1.02. The quantitative estimate of drug-likeness (QED) is 0.579. The van der Waals surface area contributed by atoms with Crippen molar-refractivity contribution >= 4 is 17.3 Å². The summed E-state index contributed by atoms with van der Waals surface area (Å²) in [5.41, 5.74) is 0.740. The minimum Gasteiger partial charge on any atom is -0.385 e. The summed E-state index contributed by atoms with van der Waals surface area (Å²) in [6, 6.07) is 4.66. The molecule has 0 radical (unpaired) electrons. The van der Waals surface area contributed by atoms with Crippen molar-refractivity contribution in [1.82, 2.24) is 0 Å². The van der Waals surface area contributed by atoms with Crippen molar-refractivity contribution in [3.63, 3.8) is 0 Å². The number of hydrogen-bond donors (Lipinski definition) is 1. The second-order valence-corrected chi connectivity index (χ2v) is 3.04. The largest absolute Gasteiger partial charge is 0.385 e. The smallest absolute Gasteiger partial charge is 0.143 e. The molecular weight excluding hydrogens is 189 g/mol. The topological polar surface area (TPSA) is 12.0 Å². The molecule has 1 nitrogen and oxygen atoms in total. The molecule has 0 amide bonds. The molecule has 0 aliphatic rings. The van der Waals surface area contributed by atoms with Gasteiger partial charge in [-0.2, -0.15) is 0 Å². The van der Waals surface area contributed by atoms with E-state index in [9.17, 15) is 4.39 Å². The summed E-state index contributed by atoms with van der Waals surface area (Å²) in [5.74, 6) is -0.398. The molecule has 0 aliphatic carbocycles. The summed E-state index contributed by atoms with van der Waals surface area (Å²) in [6.07, 6.45) is 2.66. The van der Waals surface area contributed by atoms with Gasteiger partial charge in [0.15, 0.2) is 0 Å². The van der Waals surface area contributed by atoms with E-state index >= 15 is 0 Å². The fourth-order valence-corrected chi connectivity index (χ4v) is 1.04. The van der Waals surface area contributed by atoms with Crippen molar-refractivity contribution in [2.75, 3.05) is 11.9 Å². The van der Waals surface area contributed by atoms with Gasteiger partial charge in [0.25, 0.3) is 0 Å². The molecule has 1 N–H and O–H groups in total. The lowest BCUT2D eigenvalue weighted by Crippen LogP contribution is -2.00. The molecule has 3 heteroatoms. The Bertz CT molecular complexity index is 299. The van der Waals surface area contributed by atoms with Crippen LogP contribution in [0.1, 0.15) is 6.42 Å². The number of benzene rings is 1. The number of hydrogen-bond acceptors (Lipinski definition) is 1. The van der Waals surface area contributed by atoms with Crippen LogP contribution in [0.4, 0.5) is 10.1 Å². The van der Waals surface area contributed by atoms with Gasteiger partial charge in [0.05, 0.1) is 5.02 Å². The van der Waals surface area contributed by atoms with Crippen LogP contribution in [0.5, 0.6) is 0 Å². The second kappa shape index (κ2) is 4.87. The molecule has 1 aromatic rings. The highest BCUT2D eigenvalue weighted by Gasteiger charge is 1.99. The predicted octanol–water partition coefficient (Wildman–Crippen LogP) is 3.47. The Labute approximate surface area is 82.2 Å². The summed E-state index contributed by atoms with van der Waals surface area (Å²) in [6.45, 7) is 4.34. The van der Waals surface area contributed by atoms with Crippen molar-refractivity contribution in [1.29, 1.82) is 0 Å². The van der Waals surface area contributed by atoms with E-state index in [1.807, 2.05) is 0 Å². The summed E-state index contributed by atoms with van der Waals surface area (Å²) in [5, 5.41) is 3.19. The lowest BCUT2D eigenvalue weighted by atomic mass is 10.3. The van der Waals surface area contributed by atoms with Crippen LogP contribution in [0.2, 0.25) is 5.02 Å². The average molecular weight is 200 g/mol. The first-order valence-corrected chi connectivity index (χ1v) is 4.41. The maximum Gasteiger partial charge on any atom is 0.143 e. The van der Waals surface area contributed by atoms with Gasteiger partial charge in [-0.15, -0.1) is 6.58 Å². The Morgan fingerprint density at radius 2 is 2.31 bits per heavy atom.